The van der Waals surface area contributed by atoms with Crippen molar-refractivity contribution in [1.29, 1.82) is 0 Å². The molecular weight excluding hydrogens is 222 g/mol. The Labute approximate surface area is 110 Å². The maximum atomic E-state index is 10.6. The van der Waals surface area contributed by atoms with Gasteiger partial charge < -0.3 is 5.11 Å². The van der Waals surface area contributed by atoms with Gasteiger partial charge in [-0.2, -0.15) is 0 Å². The van der Waals surface area contributed by atoms with Crippen molar-refractivity contribution in [3.63, 3.8) is 0 Å². The largest absolute Gasteiger partial charge is 0.390 e. The Kier molecular flexibility index (Phi) is 3.40. The molecule has 98 valence electrons. The van der Waals surface area contributed by atoms with E-state index in [4.69, 9.17) is 0 Å². The van der Waals surface area contributed by atoms with Gasteiger partial charge >= 0.3 is 0 Å². The number of rotatable bonds is 3. The van der Waals surface area contributed by atoms with Crippen molar-refractivity contribution in [3.8, 4) is 0 Å². The molecule has 0 aromatic heterocycles. The summed E-state index contributed by atoms with van der Waals surface area (Å²) in [7, 11) is 0. The van der Waals surface area contributed by atoms with Gasteiger partial charge in [-0.25, -0.2) is 0 Å². The van der Waals surface area contributed by atoms with Gasteiger partial charge in [-0.3, -0.25) is 4.90 Å². The molecule has 0 atom stereocenters. The second-order valence-corrected chi connectivity index (χ2v) is 5.99. The summed E-state index contributed by atoms with van der Waals surface area (Å²) >= 11 is 0. The molecule has 0 spiro atoms. The van der Waals surface area contributed by atoms with Crippen LogP contribution in [0.3, 0.4) is 0 Å². The van der Waals surface area contributed by atoms with Crippen molar-refractivity contribution in [2.75, 3.05) is 13.1 Å². The molecule has 1 saturated heterocycles. The van der Waals surface area contributed by atoms with Crippen molar-refractivity contribution < 1.29 is 5.11 Å². The summed E-state index contributed by atoms with van der Waals surface area (Å²) in [5.74, 6) is 0.594. The average molecular weight is 245 g/mol. The van der Waals surface area contributed by atoms with Gasteiger partial charge in [-0.1, -0.05) is 36.8 Å². The first-order valence-electron chi connectivity index (χ1n) is 7.25. The zero-order valence-corrected chi connectivity index (χ0v) is 11.0. The van der Waals surface area contributed by atoms with Crippen LogP contribution in [0, 0.1) is 5.92 Å². The molecule has 2 heteroatoms. The van der Waals surface area contributed by atoms with Gasteiger partial charge in [0.2, 0.25) is 0 Å². The normalized spacial score (nSPS) is 24.7. The first-order valence-corrected chi connectivity index (χ1v) is 7.25. The van der Waals surface area contributed by atoms with E-state index in [9.17, 15) is 5.11 Å². The van der Waals surface area contributed by atoms with Crippen LogP contribution in [-0.4, -0.2) is 28.7 Å². The van der Waals surface area contributed by atoms with E-state index in [1.54, 1.807) is 0 Å². The first-order chi connectivity index (χ1) is 8.76. The third-order valence-electron chi connectivity index (χ3n) is 4.84. The molecule has 1 heterocycles. The lowest BCUT2D eigenvalue weighted by Gasteiger charge is -2.46. The second kappa shape index (κ2) is 5.02. The molecule has 1 aliphatic heterocycles. The van der Waals surface area contributed by atoms with Crippen LogP contribution in [-0.2, 0) is 6.54 Å². The molecule has 0 radical (unpaired) electrons. The highest BCUT2D eigenvalue weighted by molar-refractivity contribution is 5.14. The van der Waals surface area contributed by atoms with E-state index in [1.807, 2.05) is 0 Å². The van der Waals surface area contributed by atoms with Crippen LogP contribution in [0.25, 0.3) is 0 Å². The SMILES string of the molecule is OC1(C2CCC2)CCN(Cc2ccccc2)CC1. The molecule has 2 nitrogen and oxygen atoms in total. The maximum Gasteiger partial charge on any atom is 0.0700 e. The van der Waals surface area contributed by atoms with Crippen LogP contribution in [0.15, 0.2) is 30.3 Å². The molecule has 0 bridgehead atoms. The molecule has 1 N–H and O–H groups in total. The monoisotopic (exact) mass is 245 g/mol. The van der Waals surface area contributed by atoms with Crippen molar-refractivity contribution in [2.24, 2.45) is 5.92 Å². The molecule has 3 rings (SSSR count). The maximum absolute atomic E-state index is 10.6. The van der Waals surface area contributed by atoms with Gasteiger partial charge in [0, 0.05) is 19.6 Å². The third-order valence-corrected chi connectivity index (χ3v) is 4.84. The number of likely N-dealkylation sites (tertiary alicyclic amines) is 1. The van der Waals surface area contributed by atoms with Crippen molar-refractivity contribution in [1.82, 2.24) is 4.90 Å². The van der Waals surface area contributed by atoms with Crippen LogP contribution >= 0.6 is 0 Å². The molecular formula is C16H23NO. The lowest BCUT2D eigenvalue weighted by atomic mass is 9.69. The van der Waals surface area contributed by atoms with Crippen molar-refractivity contribution >= 4 is 0 Å². The van der Waals surface area contributed by atoms with Crippen molar-refractivity contribution in [3.05, 3.63) is 35.9 Å². The van der Waals surface area contributed by atoms with Gasteiger partial charge in [-0.05, 0) is 37.2 Å². The van der Waals surface area contributed by atoms with Crippen LogP contribution in [0.5, 0.6) is 0 Å². The Morgan fingerprint density at radius 1 is 1.11 bits per heavy atom. The minimum atomic E-state index is -0.342. The Balaban J connectivity index is 1.54. The van der Waals surface area contributed by atoms with E-state index in [-0.39, 0.29) is 5.60 Å². The van der Waals surface area contributed by atoms with E-state index in [2.05, 4.69) is 35.2 Å². The fraction of sp³-hybridized carbons (Fsp3) is 0.625. The first kappa shape index (κ1) is 12.2. The quantitative estimate of drug-likeness (QED) is 0.885. The van der Waals surface area contributed by atoms with Gasteiger partial charge in [0.1, 0.15) is 0 Å². The number of hydrogen-bond donors (Lipinski definition) is 1. The van der Waals surface area contributed by atoms with E-state index >= 15 is 0 Å². The highest BCUT2D eigenvalue weighted by atomic mass is 16.3. The Bertz CT molecular complexity index is 377. The van der Waals surface area contributed by atoms with Crippen LogP contribution in [0.2, 0.25) is 0 Å². The summed E-state index contributed by atoms with van der Waals surface area (Å²) in [5, 5.41) is 10.6. The number of nitrogens with zero attached hydrogens (tertiary/aromatic N) is 1. The molecule has 18 heavy (non-hydrogen) atoms. The van der Waals surface area contributed by atoms with E-state index in [0.29, 0.717) is 5.92 Å². The lowest BCUT2D eigenvalue weighted by molar-refractivity contribution is -0.0920. The standard InChI is InChI=1S/C16H23NO/c18-16(15-7-4-8-15)9-11-17(12-10-16)13-14-5-2-1-3-6-14/h1-3,5-6,15,18H,4,7-13H2. The fourth-order valence-corrected chi connectivity index (χ4v) is 3.29. The van der Waals surface area contributed by atoms with Crippen LogP contribution in [0.4, 0.5) is 0 Å². The molecule has 0 amide bonds. The zero-order valence-electron chi connectivity index (χ0n) is 11.0. The summed E-state index contributed by atoms with van der Waals surface area (Å²) in [4.78, 5) is 2.47. The topological polar surface area (TPSA) is 23.5 Å². The van der Waals surface area contributed by atoms with E-state index < -0.39 is 0 Å². The highest BCUT2D eigenvalue weighted by Gasteiger charge is 2.42. The summed E-state index contributed by atoms with van der Waals surface area (Å²) < 4.78 is 0. The van der Waals surface area contributed by atoms with Gasteiger partial charge in [0.15, 0.2) is 0 Å². The number of hydrogen-bond acceptors (Lipinski definition) is 2. The average Bonchev–Trinajstić information content (AvgIpc) is 2.31. The fourth-order valence-electron chi connectivity index (χ4n) is 3.29. The Morgan fingerprint density at radius 3 is 2.33 bits per heavy atom. The Hall–Kier alpha value is -0.860. The van der Waals surface area contributed by atoms with E-state index in [1.165, 1.54) is 24.8 Å². The summed E-state index contributed by atoms with van der Waals surface area (Å²) in [6.07, 6.45) is 5.74. The minimum Gasteiger partial charge on any atom is -0.390 e. The smallest absolute Gasteiger partial charge is 0.0700 e. The molecule has 0 unspecified atom stereocenters. The van der Waals surface area contributed by atoms with Crippen LogP contribution in [0.1, 0.15) is 37.7 Å². The summed E-state index contributed by atoms with van der Waals surface area (Å²) in [6, 6.07) is 10.6. The Morgan fingerprint density at radius 2 is 1.78 bits per heavy atom. The third kappa shape index (κ3) is 2.45. The molecule has 1 aliphatic carbocycles. The molecule has 1 aromatic rings. The minimum absolute atomic E-state index is 0.342. The summed E-state index contributed by atoms with van der Waals surface area (Å²) in [5.41, 5.74) is 1.04. The highest BCUT2D eigenvalue weighted by Crippen LogP contribution is 2.41. The van der Waals surface area contributed by atoms with Gasteiger partial charge in [0.05, 0.1) is 5.60 Å². The molecule has 2 aliphatic rings. The number of benzene rings is 1. The molecule has 1 aromatic carbocycles. The predicted molar refractivity (Wildman–Crippen MR) is 73.2 cm³/mol. The molecule has 1 saturated carbocycles. The lowest BCUT2D eigenvalue weighted by Crippen LogP contribution is -2.50. The van der Waals surface area contributed by atoms with E-state index in [0.717, 1.165) is 32.5 Å². The van der Waals surface area contributed by atoms with Crippen molar-refractivity contribution in [2.45, 2.75) is 44.2 Å². The zero-order chi connectivity index (χ0) is 12.4. The summed E-state index contributed by atoms with van der Waals surface area (Å²) in [6.45, 7) is 3.12. The number of piperidine rings is 1. The van der Waals surface area contributed by atoms with Gasteiger partial charge in [0.25, 0.3) is 0 Å². The number of aliphatic hydroxyl groups is 1. The van der Waals surface area contributed by atoms with Gasteiger partial charge in [-0.15, -0.1) is 0 Å². The molecule has 2 fully saturated rings. The predicted octanol–water partition coefficient (Wildman–Crippen LogP) is 2.81. The van der Waals surface area contributed by atoms with Crippen LogP contribution < -0.4 is 0 Å². The second-order valence-electron chi connectivity index (χ2n) is 5.99.